The van der Waals surface area contributed by atoms with Gasteiger partial charge in [0.15, 0.2) is 0 Å². The quantitative estimate of drug-likeness (QED) is 0.852. The molecule has 0 saturated heterocycles. The smallest absolute Gasteiger partial charge is 0.272 e. The number of benzene rings is 1. The van der Waals surface area contributed by atoms with Crippen molar-refractivity contribution in [1.82, 2.24) is 14.7 Å². The summed E-state index contributed by atoms with van der Waals surface area (Å²) in [6.45, 7) is 4.73. The molecule has 1 heterocycles. The Bertz CT molecular complexity index is 713. The number of nitrogens with zero attached hydrogens (tertiary/aromatic N) is 3. The van der Waals surface area contributed by atoms with Crippen molar-refractivity contribution in [2.45, 2.75) is 58.5 Å². The molecular weight excluding hydrogens is 298 g/mol. The van der Waals surface area contributed by atoms with Crippen LogP contribution in [0.2, 0.25) is 0 Å². The lowest BCUT2D eigenvalue weighted by molar-refractivity contribution is 0.0602. The van der Waals surface area contributed by atoms with Crippen LogP contribution in [-0.4, -0.2) is 26.6 Å². The van der Waals surface area contributed by atoms with Gasteiger partial charge in [-0.1, -0.05) is 43.5 Å². The van der Waals surface area contributed by atoms with Gasteiger partial charge in [-0.2, -0.15) is 5.10 Å². The van der Waals surface area contributed by atoms with E-state index in [2.05, 4.69) is 41.2 Å². The van der Waals surface area contributed by atoms with E-state index < -0.39 is 0 Å². The molecule has 1 fully saturated rings. The molecule has 1 aromatic carbocycles. The Balaban J connectivity index is 1.91. The first-order valence-corrected chi connectivity index (χ1v) is 8.92. The highest BCUT2D eigenvalue weighted by Crippen LogP contribution is 2.26. The van der Waals surface area contributed by atoms with Gasteiger partial charge in [0.25, 0.3) is 5.91 Å². The van der Waals surface area contributed by atoms with E-state index in [9.17, 15) is 4.79 Å². The van der Waals surface area contributed by atoms with Crippen molar-refractivity contribution in [3.8, 4) is 0 Å². The number of amides is 1. The molecule has 1 aliphatic carbocycles. The highest BCUT2D eigenvalue weighted by Gasteiger charge is 2.28. The van der Waals surface area contributed by atoms with Crippen LogP contribution >= 0.6 is 0 Å². The molecule has 0 atom stereocenters. The van der Waals surface area contributed by atoms with Gasteiger partial charge < -0.3 is 4.90 Å². The number of carbonyl (C=O) groups excluding carboxylic acids is 1. The molecule has 0 radical (unpaired) electrons. The second-order valence-corrected chi connectivity index (χ2v) is 6.95. The molecule has 1 aromatic heterocycles. The number of rotatable bonds is 4. The zero-order valence-electron chi connectivity index (χ0n) is 15.0. The minimum absolute atomic E-state index is 0.105. The third-order valence-electron chi connectivity index (χ3n) is 5.10. The van der Waals surface area contributed by atoms with Crippen LogP contribution in [0.15, 0.2) is 30.3 Å². The summed E-state index contributed by atoms with van der Waals surface area (Å²) < 4.78 is 1.71. The van der Waals surface area contributed by atoms with Gasteiger partial charge in [-0.25, -0.2) is 0 Å². The molecule has 0 bridgehead atoms. The lowest BCUT2D eigenvalue weighted by atomic mass is 9.93. The van der Waals surface area contributed by atoms with Gasteiger partial charge in [-0.05, 0) is 43.9 Å². The maximum atomic E-state index is 13.3. The number of carbonyl (C=O) groups is 1. The van der Waals surface area contributed by atoms with Crippen LogP contribution in [0.4, 0.5) is 0 Å². The average Bonchev–Trinajstić information content (AvgIpc) is 2.93. The van der Waals surface area contributed by atoms with Crippen LogP contribution in [0.25, 0.3) is 0 Å². The Morgan fingerprint density at radius 1 is 1.21 bits per heavy atom. The monoisotopic (exact) mass is 325 g/mol. The second-order valence-electron chi connectivity index (χ2n) is 6.95. The first kappa shape index (κ1) is 16.7. The Kier molecular flexibility index (Phi) is 5.03. The molecule has 0 unspecified atom stereocenters. The van der Waals surface area contributed by atoms with E-state index in [1.165, 1.54) is 30.4 Å². The summed E-state index contributed by atoms with van der Waals surface area (Å²) in [5.41, 5.74) is 4.05. The highest BCUT2D eigenvalue weighted by atomic mass is 16.2. The summed E-state index contributed by atoms with van der Waals surface area (Å²) in [5, 5.41) is 4.35. The van der Waals surface area contributed by atoms with Gasteiger partial charge in [0.2, 0.25) is 0 Å². The van der Waals surface area contributed by atoms with Crippen molar-refractivity contribution in [3.05, 3.63) is 52.8 Å². The Labute approximate surface area is 144 Å². The molecule has 0 N–H and O–H groups in total. The summed E-state index contributed by atoms with van der Waals surface area (Å²) in [6, 6.07) is 10.6. The molecule has 0 spiro atoms. The molecule has 24 heavy (non-hydrogen) atoms. The Morgan fingerprint density at radius 3 is 2.54 bits per heavy atom. The molecule has 3 rings (SSSR count). The van der Waals surface area contributed by atoms with E-state index >= 15 is 0 Å². The lowest BCUT2D eigenvalue weighted by Crippen LogP contribution is -2.41. The number of aryl methyl sites for hydroxylation is 3. The van der Waals surface area contributed by atoms with Gasteiger partial charge >= 0.3 is 0 Å². The lowest BCUT2D eigenvalue weighted by Gasteiger charge is -2.34. The van der Waals surface area contributed by atoms with E-state index in [4.69, 9.17) is 0 Å². The van der Waals surface area contributed by atoms with Gasteiger partial charge in [0, 0.05) is 19.6 Å². The number of hydrogen-bond acceptors (Lipinski definition) is 2. The summed E-state index contributed by atoms with van der Waals surface area (Å²) in [4.78, 5) is 15.3. The summed E-state index contributed by atoms with van der Waals surface area (Å²) in [6.07, 6.45) is 5.93. The summed E-state index contributed by atoms with van der Waals surface area (Å²) >= 11 is 0. The van der Waals surface area contributed by atoms with Gasteiger partial charge in [0.05, 0.1) is 5.69 Å². The minimum Gasteiger partial charge on any atom is -0.330 e. The third kappa shape index (κ3) is 3.53. The van der Waals surface area contributed by atoms with E-state index in [0.29, 0.717) is 18.3 Å². The maximum absolute atomic E-state index is 13.3. The van der Waals surface area contributed by atoms with Crippen LogP contribution in [0.1, 0.15) is 59.4 Å². The zero-order valence-corrected chi connectivity index (χ0v) is 15.0. The van der Waals surface area contributed by atoms with Crippen molar-refractivity contribution in [2.24, 2.45) is 7.05 Å². The van der Waals surface area contributed by atoms with Gasteiger partial charge in [-0.15, -0.1) is 0 Å². The molecule has 1 saturated carbocycles. The minimum atomic E-state index is 0.105. The van der Waals surface area contributed by atoms with Crippen LogP contribution in [0.3, 0.4) is 0 Å². The van der Waals surface area contributed by atoms with Gasteiger partial charge in [-0.3, -0.25) is 9.48 Å². The number of hydrogen-bond donors (Lipinski definition) is 0. The van der Waals surface area contributed by atoms with Crippen LogP contribution in [-0.2, 0) is 13.6 Å². The first-order chi connectivity index (χ1) is 11.6. The predicted octanol–water partition coefficient (Wildman–Crippen LogP) is 4.01. The van der Waals surface area contributed by atoms with Crippen molar-refractivity contribution in [2.75, 3.05) is 0 Å². The SMILES string of the molecule is Cc1cc(C(=O)N(Cc2ccccc2C)C2CCCCC2)n(C)n1. The van der Waals surface area contributed by atoms with E-state index in [-0.39, 0.29) is 5.91 Å². The highest BCUT2D eigenvalue weighted by molar-refractivity contribution is 5.93. The van der Waals surface area contributed by atoms with Gasteiger partial charge in [0.1, 0.15) is 5.69 Å². The van der Waals surface area contributed by atoms with Crippen LogP contribution in [0, 0.1) is 13.8 Å². The fourth-order valence-corrected chi connectivity index (χ4v) is 3.69. The van der Waals surface area contributed by atoms with Crippen molar-refractivity contribution < 1.29 is 4.79 Å². The third-order valence-corrected chi connectivity index (χ3v) is 5.10. The largest absolute Gasteiger partial charge is 0.330 e. The molecule has 2 aromatic rings. The molecule has 128 valence electrons. The normalized spacial score (nSPS) is 15.5. The molecule has 1 amide bonds. The topological polar surface area (TPSA) is 38.1 Å². The summed E-state index contributed by atoms with van der Waals surface area (Å²) in [5.74, 6) is 0.105. The first-order valence-electron chi connectivity index (χ1n) is 8.92. The molecular formula is C20H27N3O. The predicted molar refractivity (Wildman–Crippen MR) is 95.9 cm³/mol. The molecule has 1 aliphatic rings. The molecule has 4 heteroatoms. The fraction of sp³-hybridized carbons (Fsp3) is 0.500. The fourth-order valence-electron chi connectivity index (χ4n) is 3.69. The zero-order chi connectivity index (χ0) is 17.1. The second kappa shape index (κ2) is 7.20. The molecule has 4 nitrogen and oxygen atoms in total. The Hall–Kier alpha value is -2.10. The van der Waals surface area contributed by atoms with Crippen molar-refractivity contribution >= 4 is 5.91 Å². The maximum Gasteiger partial charge on any atom is 0.272 e. The standard InChI is InChI=1S/C20H27N3O/c1-15-9-7-8-10-17(15)14-23(18-11-5-4-6-12-18)20(24)19-13-16(2)21-22(19)3/h7-10,13,18H,4-6,11-12,14H2,1-3H3. The van der Waals surface area contributed by atoms with E-state index in [0.717, 1.165) is 18.5 Å². The average molecular weight is 325 g/mol. The molecule has 0 aliphatic heterocycles. The van der Waals surface area contributed by atoms with Crippen molar-refractivity contribution in [1.29, 1.82) is 0 Å². The van der Waals surface area contributed by atoms with E-state index in [1.807, 2.05) is 20.0 Å². The number of aromatic nitrogens is 2. The van der Waals surface area contributed by atoms with Crippen LogP contribution < -0.4 is 0 Å². The Morgan fingerprint density at radius 2 is 1.92 bits per heavy atom. The van der Waals surface area contributed by atoms with Crippen molar-refractivity contribution in [3.63, 3.8) is 0 Å². The van der Waals surface area contributed by atoms with Crippen LogP contribution in [0.5, 0.6) is 0 Å². The summed E-state index contributed by atoms with van der Waals surface area (Å²) in [7, 11) is 1.85. The van der Waals surface area contributed by atoms with E-state index in [1.54, 1.807) is 4.68 Å².